The summed E-state index contributed by atoms with van der Waals surface area (Å²) in [6, 6.07) is 0. The maximum atomic E-state index is 7.84. The summed E-state index contributed by atoms with van der Waals surface area (Å²) in [5.41, 5.74) is 0. The van der Waals surface area contributed by atoms with E-state index in [9.17, 15) is 0 Å². The molecule has 6 heteroatoms. The van der Waals surface area contributed by atoms with Crippen LogP contribution in [0.3, 0.4) is 0 Å². The molecule has 0 atom stereocenters. The summed E-state index contributed by atoms with van der Waals surface area (Å²) in [6.07, 6.45) is -1.41. The number of aliphatic hydroxyl groups is 1. The molecule has 5 N–H and O–H groups in total. The Hall–Kier alpha value is 0.230. The first-order valence-corrected chi connectivity index (χ1v) is 3.66. The normalized spacial score (nSPS) is 18.1. The van der Waals surface area contributed by atoms with E-state index >= 15 is 0 Å². The standard InChI is InChI=1S/CH7O5P/c2-1-7(3,4,5)6/h2-6H,1H2. The summed E-state index contributed by atoms with van der Waals surface area (Å²) in [6.45, 7) is 0. The molecule has 0 amide bonds. The molecule has 0 saturated carbocycles. The van der Waals surface area contributed by atoms with Gasteiger partial charge in [0, 0.05) is 0 Å². The molecule has 5 nitrogen and oxygen atoms in total. The van der Waals surface area contributed by atoms with Crippen LogP contribution in [-0.2, 0) is 0 Å². The number of aliphatic hydroxyl groups excluding tert-OH is 1. The van der Waals surface area contributed by atoms with Crippen molar-refractivity contribution in [2.45, 2.75) is 0 Å². The molecule has 0 fully saturated rings. The van der Waals surface area contributed by atoms with Gasteiger partial charge in [-0.15, -0.1) is 0 Å². The zero-order valence-corrected chi connectivity index (χ0v) is 4.28. The van der Waals surface area contributed by atoms with Crippen LogP contribution in [0, 0.1) is 0 Å². The van der Waals surface area contributed by atoms with Crippen LogP contribution in [0.25, 0.3) is 0 Å². The second-order valence-electron chi connectivity index (χ2n) is 1.24. The van der Waals surface area contributed by atoms with Crippen LogP contribution in [0.2, 0.25) is 0 Å². The molecule has 0 unspecified atom stereocenters. The van der Waals surface area contributed by atoms with E-state index in [2.05, 4.69) is 0 Å². The first-order valence-electron chi connectivity index (χ1n) is 1.43. The van der Waals surface area contributed by atoms with Crippen molar-refractivity contribution in [2.75, 3.05) is 6.35 Å². The first kappa shape index (κ1) is 7.23. The van der Waals surface area contributed by atoms with Gasteiger partial charge >= 0.3 is 38.5 Å². The summed E-state index contributed by atoms with van der Waals surface area (Å²) in [4.78, 5) is 31.4. The third-order valence-corrected chi connectivity index (χ3v) is 0.759. The molecule has 46 valence electrons. The van der Waals surface area contributed by atoms with Gasteiger partial charge in [-0.1, -0.05) is 0 Å². The fourth-order valence-corrected chi connectivity index (χ4v) is 0. The van der Waals surface area contributed by atoms with Gasteiger partial charge in [0.05, 0.1) is 0 Å². The Morgan fingerprint density at radius 2 is 1.14 bits per heavy atom. The maximum absolute atomic E-state index is 7.84. The number of hydrogen-bond acceptors (Lipinski definition) is 5. The third kappa shape index (κ3) is 6.23. The van der Waals surface area contributed by atoms with E-state index in [1.165, 1.54) is 0 Å². The van der Waals surface area contributed by atoms with Gasteiger partial charge in [0.2, 0.25) is 0 Å². The van der Waals surface area contributed by atoms with Crippen LogP contribution in [0.5, 0.6) is 0 Å². The van der Waals surface area contributed by atoms with E-state index in [1.807, 2.05) is 0 Å². The SMILES string of the molecule is OCP(O)(O)(O)O. The molecule has 0 aromatic carbocycles. The molecule has 0 saturated heterocycles. The van der Waals surface area contributed by atoms with Crippen molar-refractivity contribution >= 4 is 7.51 Å². The molecule has 0 aromatic rings. The predicted octanol–water partition coefficient (Wildman–Crippen LogP) is -1.88. The fourth-order valence-electron chi connectivity index (χ4n) is 0. The quantitative estimate of drug-likeness (QED) is 0.267. The minimum atomic E-state index is -5.52. The second-order valence-corrected chi connectivity index (χ2v) is 3.73. The summed E-state index contributed by atoms with van der Waals surface area (Å²) in [5.74, 6) is 0. The van der Waals surface area contributed by atoms with E-state index < -0.39 is 13.9 Å². The molecule has 0 heterocycles. The average Bonchev–Trinajstić information content (AvgIpc) is 1.32. The Morgan fingerprint density at radius 1 is 1.00 bits per heavy atom. The summed E-state index contributed by atoms with van der Waals surface area (Å²) in [7, 11) is -5.52. The van der Waals surface area contributed by atoms with Crippen LogP contribution >= 0.6 is 7.51 Å². The van der Waals surface area contributed by atoms with Gasteiger partial charge in [0.1, 0.15) is 0 Å². The Morgan fingerprint density at radius 3 is 1.14 bits per heavy atom. The van der Waals surface area contributed by atoms with E-state index in [1.54, 1.807) is 0 Å². The number of hydrogen-bond donors (Lipinski definition) is 5. The Bertz CT molecular complexity index is 60.6. The van der Waals surface area contributed by atoms with E-state index in [-0.39, 0.29) is 0 Å². The zero-order valence-electron chi connectivity index (χ0n) is 3.39. The Labute approximate surface area is 39.7 Å². The molecule has 0 aliphatic rings. The van der Waals surface area contributed by atoms with Gasteiger partial charge in [-0.25, -0.2) is 0 Å². The predicted molar refractivity (Wildman–Crippen MR) is 22.9 cm³/mol. The third-order valence-electron chi connectivity index (χ3n) is 0.253. The fraction of sp³-hybridized carbons (Fsp3) is 1.00. The molecular formula is CH7O5P. The molecule has 0 aliphatic carbocycles. The molecule has 0 aromatic heterocycles. The van der Waals surface area contributed by atoms with Crippen LogP contribution in [0.1, 0.15) is 0 Å². The van der Waals surface area contributed by atoms with Gasteiger partial charge in [-0.2, -0.15) is 0 Å². The van der Waals surface area contributed by atoms with E-state index in [0.717, 1.165) is 0 Å². The molecule has 0 radical (unpaired) electrons. The van der Waals surface area contributed by atoms with Crippen molar-refractivity contribution in [3.8, 4) is 0 Å². The van der Waals surface area contributed by atoms with Crippen LogP contribution in [0.4, 0.5) is 0 Å². The average molecular weight is 130 g/mol. The van der Waals surface area contributed by atoms with Crippen molar-refractivity contribution in [3.05, 3.63) is 0 Å². The monoisotopic (exact) mass is 130 g/mol. The van der Waals surface area contributed by atoms with E-state index in [0.29, 0.717) is 0 Å². The minimum absolute atomic E-state index is 1.41. The van der Waals surface area contributed by atoms with Gasteiger partial charge in [-0.3, -0.25) is 0 Å². The molecule has 0 aliphatic heterocycles. The van der Waals surface area contributed by atoms with Crippen LogP contribution in [0.15, 0.2) is 0 Å². The molecule has 0 bridgehead atoms. The van der Waals surface area contributed by atoms with Crippen LogP contribution in [-0.4, -0.2) is 31.0 Å². The van der Waals surface area contributed by atoms with Gasteiger partial charge in [0.25, 0.3) is 0 Å². The first-order chi connectivity index (χ1) is 2.81. The molecule has 7 heavy (non-hydrogen) atoms. The van der Waals surface area contributed by atoms with Gasteiger partial charge in [-0.05, 0) is 0 Å². The topological polar surface area (TPSA) is 101 Å². The van der Waals surface area contributed by atoms with Crippen molar-refractivity contribution < 1.29 is 24.7 Å². The van der Waals surface area contributed by atoms with Crippen LogP contribution < -0.4 is 0 Å². The van der Waals surface area contributed by atoms with Gasteiger partial charge in [0.15, 0.2) is 0 Å². The molecule has 0 rings (SSSR count). The Kier molecular flexibility index (Phi) is 1.40. The summed E-state index contributed by atoms with van der Waals surface area (Å²) >= 11 is 0. The zero-order chi connectivity index (χ0) is 6.15. The molecule has 0 spiro atoms. The van der Waals surface area contributed by atoms with Crippen molar-refractivity contribution in [1.29, 1.82) is 0 Å². The van der Waals surface area contributed by atoms with Gasteiger partial charge < -0.3 is 0 Å². The number of rotatable bonds is 1. The van der Waals surface area contributed by atoms with Crippen molar-refractivity contribution in [3.63, 3.8) is 0 Å². The molecular weight excluding hydrogens is 123 g/mol. The van der Waals surface area contributed by atoms with Crippen molar-refractivity contribution in [2.24, 2.45) is 0 Å². The second kappa shape index (κ2) is 1.35. The summed E-state index contributed by atoms with van der Waals surface area (Å²) < 4.78 is 0. The van der Waals surface area contributed by atoms with Crippen molar-refractivity contribution in [1.82, 2.24) is 0 Å². The van der Waals surface area contributed by atoms with E-state index in [4.69, 9.17) is 24.7 Å². The Balaban J connectivity index is 3.83. The summed E-state index contributed by atoms with van der Waals surface area (Å²) in [5, 5.41) is 7.72.